The lowest BCUT2D eigenvalue weighted by molar-refractivity contribution is -0.116. The molecule has 6 heteroatoms. The van der Waals surface area contributed by atoms with Gasteiger partial charge >= 0.3 is 5.97 Å². The fraction of sp³-hybridized carbons (Fsp3) is 0.500. The Balaban J connectivity index is 2.16. The van der Waals surface area contributed by atoms with Crippen LogP contribution in [-0.2, 0) is 4.79 Å². The van der Waals surface area contributed by atoms with E-state index < -0.39 is 5.97 Å². The minimum absolute atomic E-state index is 0.0294. The summed E-state index contributed by atoms with van der Waals surface area (Å²) in [5.41, 5.74) is 1.04. The second kappa shape index (κ2) is 3.28. The van der Waals surface area contributed by atoms with Gasteiger partial charge in [-0.25, -0.2) is 4.79 Å². The summed E-state index contributed by atoms with van der Waals surface area (Å²) in [5.74, 6) is -1.47. The largest absolute Gasteiger partial charge is 0.475 e. The predicted octanol–water partition coefficient (Wildman–Crippen LogP) is 1.31. The van der Waals surface area contributed by atoms with Gasteiger partial charge in [-0.15, -0.1) is 0 Å². The number of carbonyl (C=O) groups is 2. The van der Waals surface area contributed by atoms with Gasteiger partial charge in [0.25, 0.3) is 0 Å². The van der Waals surface area contributed by atoms with Gasteiger partial charge in [0.2, 0.25) is 11.7 Å². The van der Waals surface area contributed by atoms with Gasteiger partial charge < -0.3 is 19.3 Å². The molecule has 1 aromatic heterocycles. The molecule has 6 nitrogen and oxygen atoms in total. The number of aromatic carboxylic acids is 1. The Morgan fingerprint density at radius 1 is 1.44 bits per heavy atom. The normalized spacial score (nSPS) is 19.9. The first-order chi connectivity index (χ1) is 8.46. The summed E-state index contributed by atoms with van der Waals surface area (Å²) >= 11 is 0. The summed E-state index contributed by atoms with van der Waals surface area (Å²) in [7, 11) is 1.92. The molecule has 0 aromatic carbocycles. The molecular weight excluding hydrogens is 236 g/mol. The summed E-state index contributed by atoms with van der Waals surface area (Å²) in [4.78, 5) is 26.4. The monoisotopic (exact) mass is 250 g/mol. The van der Waals surface area contributed by atoms with Crippen LogP contribution in [0.3, 0.4) is 0 Å². The van der Waals surface area contributed by atoms with Gasteiger partial charge in [-0.05, 0) is 12.8 Å². The minimum atomic E-state index is -1.15. The van der Waals surface area contributed by atoms with E-state index in [0.29, 0.717) is 17.9 Å². The molecule has 1 N–H and O–H groups in total. The molecule has 0 radical (unpaired) electrons. The van der Waals surface area contributed by atoms with E-state index in [-0.39, 0.29) is 17.2 Å². The maximum absolute atomic E-state index is 11.7. The molecule has 1 aromatic rings. The van der Waals surface area contributed by atoms with Crippen molar-refractivity contribution in [3.8, 4) is 0 Å². The van der Waals surface area contributed by atoms with E-state index in [1.54, 1.807) is 0 Å². The summed E-state index contributed by atoms with van der Waals surface area (Å²) in [5, 5.41) is 9.11. The van der Waals surface area contributed by atoms with Crippen LogP contribution in [0.5, 0.6) is 0 Å². The maximum Gasteiger partial charge on any atom is 0.374 e. The molecule has 0 saturated heterocycles. The zero-order valence-electron chi connectivity index (χ0n) is 10.3. The topological polar surface area (TPSA) is 74.0 Å². The van der Waals surface area contributed by atoms with E-state index in [1.165, 1.54) is 18.1 Å². The van der Waals surface area contributed by atoms with Crippen molar-refractivity contribution in [1.82, 2.24) is 0 Å². The average molecular weight is 250 g/mol. The number of hydrogen-bond donors (Lipinski definition) is 1. The van der Waals surface area contributed by atoms with Crippen LogP contribution in [0.25, 0.3) is 0 Å². The lowest BCUT2D eigenvalue weighted by Crippen LogP contribution is -2.50. The number of nitrogens with zero attached hydrogens (tertiary/aromatic N) is 2. The van der Waals surface area contributed by atoms with Crippen molar-refractivity contribution >= 4 is 23.3 Å². The van der Waals surface area contributed by atoms with Crippen molar-refractivity contribution in [3.05, 3.63) is 12.0 Å². The smallest absolute Gasteiger partial charge is 0.374 e. The maximum atomic E-state index is 11.7. The molecule has 0 unspecified atom stereocenters. The number of rotatable bonds is 1. The quantitative estimate of drug-likeness (QED) is 0.813. The van der Waals surface area contributed by atoms with E-state index in [2.05, 4.69) is 0 Å². The number of anilines is 2. The van der Waals surface area contributed by atoms with Gasteiger partial charge in [0.15, 0.2) is 0 Å². The van der Waals surface area contributed by atoms with Crippen LogP contribution in [0.2, 0.25) is 0 Å². The molecule has 0 atom stereocenters. The molecule has 3 rings (SSSR count). The minimum Gasteiger partial charge on any atom is -0.475 e. The predicted molar refractivity (Wildman–Crippen MR) is 64.1 cm³/mol. The van der Waals surface area contributed by atoms with E-state index in [4.69, 9.17) is 9.52 Å². The van der Waals surface area contributed by atoms with E-state index in [0.717, 1.165) is 12.8 Å². The van der Waals surface area contributed by atoms with Crippen molar-refractivity contribution in [2.24, 2.45) is 0 Å². The van der Waals surface area contributed by atoms with Crippen LogP contribution in [0, 0.1) is 0 Å². The summed E-state index contributed by atoms with van der Waals surface area (Å²) in [6.45, 7) is 1.98. The highest BCUT2D eigenvalue weighted by Crippen LogP contribution is 2.52. The van der Waals surface area contributed by atoms with Gasteiger partial charge in [0.1, 0.15) is 17.6 Å². The first kappa shape index (κ1) is 11.1. The highest BCUT2D eigenvalue weighted by atomic mass is 16.4. The Bertz CT molecular complexity index is 544. The van der Waals surface area contributed by atoms with E-state index in [1.807, 2.05) is 11.9 Å². The fourth-order valence-corrected chi connectivity index (χ4v) is 2.63. The summed E-state index contributed by atoms with van der Waals surface area (Å²) < 4.78 is 5.12. The van der Waals surface area contributed by atoms with Crippen LogP contribution >= 0.6 is 0 Å². The molecule has 1 amide bonds. The van der Waals surface area contributed by atoms with Gasteiger partial charge in [0.05, 0.1) is 5.54 Å². The molecule has 2 heterocycles. The molecule has 2 aliphatic rings. The SMILES string of the molecule is CC(=O)N1CC2(CC2)N(C)c2coc(C(=O)O)c21. The fourth-order valence-electron chi connectivity index (χ4n) is 2.63. The molecule has 18 heavy (non-hydrogen) atoms. The average Bonchev–Trinajstić information content (AvgIpc) is 2.92. The highest BCUT2D eigenvalue weighted by Gasteiger charge is 2.53. The third-order valence-corrected chi connectivity index (χ3v) is 3.94. The first-order valence-corrected chi connectivity index (χ1v) is 5.83. The summed E-state index contributed by atoms with van der Waals surface area (Å²) in [6.07, 6.45) is 3.45. The van der Waals surface area contributed by atoms with Gasteiger partial charge in [-0.3, -0.25) is 4.79 Å². The molecule has 96 valence electrons. The number of carboxylic acid groups (broad SMARTS) is 1. The van der Waals surface area contributed by atoms with E-state index >= 15 is 0 Å². The molecule has 1 spiro atoms. The van der Waals surface area contributed by atoms with Crippen molar-refractivity contribution in [2.75, 3.05) is 23.4 Å². The number of fused-ring (bicyclic) bond motifs is 1. The second-order valence-corrected chi connectivity index (χ2v) is 4.99. The number of hydrogen-bond acceptors (Lipinski definition) is 4. The lowest BCUT2D eigenvalue weighted by Gasteiger charge is -2.40. The number of furan rings is 1. The first-order valence-electron chi connectivity index (χ1n) is 5.83. The second-order valence-electron chi connectivity index (χ2n) is 4.99. The lowest BCUT2D eigenvalue weighted by atomic mass is 10.1. The van der Waals surface area contributed by atoms with Crippen LogP contribution in [0.15, 0.2) is 10.7 Å². The Hall–Kier alpha value is -1.98. The van der Waals surface area contributed by atoms with Crippen molar-refractivity contribution in [2.45, 2.75) is 25.3 Å². The summed E-state index contributed by atoms with van der Waals surface area (Å²) in [6, 6.07) is 0. The number of carboxylic acids is 1. The van der Waals surface area contributed by atoms with Crippen LogP contribution in [0.1, 0.15) is 30.3 Å². The van der Waals surface area contributed by atoms with E-state index in [9.17, 15) is 9.59 Å². The third kappa shape index (κ3) is 1.28. The molecule has 0 bridgehead atoms. The van der Waals surface area contributed by atoms with Gasteiger partial charge in [0, 0.05) is 20.5 Å². The number of amides is 1. The van der Waals surface area contributed by atoms with Crippen molar-refractivity contribution < 1.29 is 19.1 Å². The van der Waals surface area contributed by atoms with Crippen LogP contribution in [0.4, 0.5) is 11.4 Å². The number of carbonyl (C=O) groups excluding carboxylic acids is 1. The van der Waals surface area contributed by atoms with Gasteiger partial charge in [-0.2, -0.15) is 0 Å². The van der Waals surface area contributed by atoms with Crippen molar-refractivity contribution in [3.63, 3.8) is 0 Å². The Morgan fingerprint density at radius 2 is 2.11 bits per heavy atom. The zero-order valence-corrected chi connectivity index (χ0v) is 10.3. The standard InChI is InChI=1S/C12H14N2O4/c1-7(15)14-6-12(3-4-12)13(2)8-5-18-10(9(8)14)11(16)17/h5H,3-4,6H2,1-2H3,(H,16,17). The Kier molecular flexibility index (Phi) is 2.03. The molecular formula is C12H14N2O4. The molecule has 1 aliphatic heterocycles. The molecule has 1 fully saturated rings. The number of likely N-dealkylation sites (N-methyl/N-ethyl adjacent to an activating group) is 1. The van der Waals surface area contributed by atoms with Crippen LogP contribution in [-0.4, -0.2) is 36.1 Å². The third-order valence-electron chi connectivity index (χ3n) is 3.94. The molecule has 1 aliphatic carbocycles. The Morgan fingerprint density at radius 3 is 2.61 bits per heavy atom. The highest BCUT2D eigenvalue weighted by molar-refractivity contribution is 6.05. The van der Waals surface area contributed by atoms with Crippen LogP contribution < -0.4 is 9.80 Å². The Labute approximate surface area is 104 Å². The van der Waals surface area contributed by atoms with Crippen molar-refractivity contribution in [1.29, 1.82) is 0 Å². The zero-order chi connectivity index (χ0) is 13.1. The molecule has 1 saturated carbocycles. The van der Waals surface area contributed by atoms with Gasteiger partial charge in [-0.1, -0.05) is 0 Å².